The largest absolute Gasteiger partial charge is 0.491 e. The number of amides is 3. The SMILES string of the molecule is CC(COc1ccc(CC2SC(=O)NC2=O)cc1)N1CC(COCc2cccc(Cl)c2)OC1=O. The van der Waals surface area contributed by atoms with Crippen LogP contribution in [0.15, 0.2) is 48.5 Å². The molecular weight excluding hydrogens is 480 g/mol. The second-order valence-corrected chi connectivity index (χ2v) is 9.81. The first-order chi connectivity index (χ1) is 16.4. The summed E-state index contributed by atoms with van der Waals surface area (Å²) in [6.45, 7) is 3.33. The van der Waals surface area contributed by atoms with E-state index >= 15 is 0 Å². The van der Waals surface area contributed by atoms with Crippen molar-refractivity contribution in [1.29, 1.82) is 0 Å². The molecule has 0 aliphatic carbocycles. The molecule has 0 spiro atoms. The van der Waals surface area contributed by atoms with Crippen LogP contribution in [0, 0.1) is 0 Å². The van der Waals surface area contributed by atoms with Crippen molar-refractivity contribution in [3.05, 3.63) is 64.7 Å². The van der Waals surface area contributed by atoms with Crippen molar-refractivity contribution >= 4 is 40.6 Å². The number of cyclic esters (lactones) is 1. The van der Waals surface area contributed by atoms with Crippen LogP contribution in [0.5, 0.6) is 5.75 Å². The monoisotopic (exact) mass is 504 g/mol. The van der Waals surface area contributed by atoms with E-state index in [0.29, 0.717) is 43.6 Å². The van der Waals surface area contributed by atoms with E-state index < -0.39 is 5.25 Å². The number of hydrogen-bond donors (Lipinski definition) is 1. The number of halogens is 1. The first kappa shape index (κ1) is 24.4. The summed E-state index contributed by atoms with van der Waals surface area (Å²) in [6.07, 6.45) is -0.255. The number of imide groups is 1. The molecule has 10 heteroatoms. The van der Waals surface area contributed by atoms with Gasteiger partial charge in [0.1, 0.15) is 18.5 Å². The quantitative estimate of drug-likeness (QED) is 0.522. The lowest BCUT2D eigenvalue weighted by atomic mass is 10.1. The number of rotatable bonds is 10. The molecular formula is C24H25ClN2O6S. The Hall–Kier alpha value is -2.75. The molecule has 3 atom stereocenters. The van der Waals surface area contributed by atoms with Gasteiger partial charge in [0.2, 0.25) is 5.91 Å². The van der Waals surface area contributed by atoms with Crippen molar-refractivity contribution in [2.24, 2.45) is 0 Å². The molecule has 0 saturated carbocycles. The van der Waals surface area contributed by atoms with Crippen molar-refractivity contribution in [2.45, 2.75) is 37.3 Å². The molecule has 1 N–H and O–H groups in total. The van der Waals surface area contributed by atoms with Gasteiger partial charge in [-0.25, -0.2) is 4.79 Å². The lowest BCUT2D eigenvalue weighted by molar-refractivity contribution is -0.118. The Labute approximate surface area is 206 Å². The van der Waals surface area contributed by atoms with Gasteiger partial charge >= 0.3 is 6.09 Å². The predicted molar refractivity (Wildman–Crippen MR) is 128 cm³/mol. The number of nitrogens with one attached hydrogen (secondary N) is 1. The number of hydrogen-bond acceptors (Lipinski definition) is 7. The highest BCUT2D eigenvalue weighted by molar-refractivity contribution is 8.15. The molecule has 0 bridgehead atoms. The van der Waals surface area contributed by atoms with Gasteiger partial charge in [-0.1, -0.05) is 47.6 Å². The van der Waals surface area contributed by atoms with Gasteiger partial charge in [0.05, 0.1) is 31.1 Å². The van der Waals surface area contributed by atoms with E-state index in [1.165, 1.54) is 0 Å². The van der Waals surface area contributed by atoms with Crippen LogP contribution in [0.4, 0.5) is 9.59 Å². The Morgan fingerprint density at radius 3 is 2.68 bits per heavy atom. The zero-order chi connectivity index (χ0) is 24.1. The molecule has 2 aromatic rings. The molecule has 0 aromatic heterocycles. The summed E-state index contributed by atoms with van der Waals surface area (Å²) >= 11 is 6.99. The summed E-state index contributed by atoms with van der Waals surface area (Å²) in [5, 5.41) is 2.24. The first-order valence-electron chi connectivity index (χ1n) is 10.9. The normalized spacial score (nSPS) is 20.9. The smallest absolute Gasteiger partial charge is 0.410 e. The zero-order valence-corrected chi connectivity index (χ0v) is 20.1. The number of carbonyl (C=O) groups is 3. The average Bonchev–Trinajstić information content (AvgIpc) is 3.33. The van der Waals surface area contributed by atoms with E-state index in [4.69, 9.17) is 25.8 Å². The Morgan fingerprint density at radius 1 is 1.18 bits per heavy atom. The standard InChI is InChI=1S/C24H25ClN2O6S/c1-15(12-32-19-7-5-16(6-8-19)10-21-22(28)26-23(29)34-21)27-11-20(33-24(27)30)14-31-13-17-3-2-4-18(25)9-17/h2-9,15,20-21H,10-14H2,1H3,(H,26,28,29). The van der Waals surface area contributed by atoms with Crippen LogP contribution in [-0.4, -0.2) is 59.3 Å². The Kier molecular flexibility index (Phi) is 7.97. The second kappa shape index (κ2) is 11.1. The molecule has 180 valence electrons. The third kappa shape index (κ3) is 6.43. The summed E-state index contributed by atoms with van der Waals surface area (Å²) in [6, 6.07) is 14.6. The van der Waals surface area contributed by atoms with Gasteiger partial charge in [0.15, 0.2) is 0 Å². The van der Waals surface area contributed by atoms with E-state index in [1.807, 2.05) is 49.4 Å². The topological polar surface area (TPSA) is 94.2 Å². The fourth-order valence-electron chi connectivity index (χ4n) is 3.69. The van der Waals surface area contributed by atoms with Crippen molar-refractivity contribution in [1.82, 2.24) is 10.2 Å². The summed E-state index contributed by atoms with van der Waals surface area (Å²) in [7, 11) is 0. The predicted octanol–water partition coefficient (Wildman–Crippen LogP) is 4.04. The number of carbonyl (C=O) groups excluding carboxylic acids is 3. The third-order valence-electron chi connectivity index (χ3n) is 5.50. The van der Waals surface area contributed by atoms with Gasteiger partial charge in [0, 0.05) is 5.02 Å². The van der Waals surface area contributed by atoms with Crippen LogP contribution < -0.4 is 10.1 Å². The molecule has 34 heavy (non-hydrogen) atoms. The molecule has 2 heterocycles. The van der Waals surface area contributed by atoms with Gasteiger partial charge in [0.25, 0.3) is 5.24 Å². The maximum absolute atomic E-state index is 12.3. The minimum absolute atomic E-state index is 0.185. The van der Waals surface area contributed by atoms with Crippen molar-refractivity contribution in [3.8, 4) is 5.75 Å². The molecule has 3 amide bonds. The van der Waals surface area contributed by atoms with Gasteiger partial charge in [-0.3, -0.25) is 19.8 Å². The van der Waals surface area contributed by atoms with Crippen molar-refractivity contribution < 1.29 is 28.6 Å². The number of ether oxygens (including phenoxy) is 3. The van der Waals surface area contributed by atoms with Gasteiger partial charge in [-0.2, -0.15) is 0 Å². The lowest BCUT2D eigenvalue weighted by Crippen LogP contribution is -2.38. The van der Waals surface area contributed by atoms with Gasteiger partial charge in [-0.05, 0) is 48.7 Å². The average molecular weight is 505 g/mol. The first-order valence-corrected chi connectivity index (χ1v) is 12.2. The summed E-state index contributed by atoms with van der Waals surface area (Å²) in [4.78, 5) is 36.9. The van der Waals surface area contributed by atoms with Crippen LogP contribution in [0.1, 0.15) is 18.1 Å². The fraction of sp³-hybridized carbons (Fsp3) is 0.375. The number of benzene rings is 2. The Balaban J connectivity index is 1.20. The van der Waals surface area contributed by atoms with Crippen LogP contribution in [-0.2, 0) is 27.3 Å². The molecule has 3 unspecified atom stereocenters. The summed E-state index contributed by atoms with van der Waals surface area (Å²) < 4.78 is 17.0. The molecule has 2 aromatic carbocycles. The molecule has 2 fully saturated rings. The molecule has 2 saturated heterocycles. The minimum Gasteiger partial charge on any atom is -0.491 e. The van der Waals surface area contributed by atoms with Gasteiger partial charge in [-0.15, -0.1) is 0 Å². The van der Waals surface area contributed by atoms with E-state index in [1.54, 1.807) is 11.0 Å². The highest BCUT2D eigenvalue weighted by Crippen LogP contribution is 2.24. The van der Waals surface area contributed by atoms with E-state index in [9.17, 15) is 14.4 Å². The highest BCUT2D eigenvalue weighted by atomic mass is 35.5. The summed E-state index contributed by atoms with van der Waals surface area (Å²) in [5.74, 6) is 0.402. The molecule has 8 nitrogen and oxygen atoms in total. The third-order valence-corrected chi connectivity index (χ3v) is 6.72. The van der Waals surface area contributed by atoms with E-state index in [2.05, 4.69) is 5.32 Å². The Bertz CT molecular complexity index is 1050. The molecule has 2 aliphatic rings. The van der Waals surface area contributed by atoms with Crippen LogP contribution in [0.2, 0.25) is 5.02 Å². The maximum Gasteiger partial charge on any atom is 0.410 e. The number of thioether (sulfide) groups is 1. The van der Waals surface area contributed by atoms with Gasteiger partial charge < -0.3 is 14.2 Å². The van der Waals surface area contributed by atoms with Crippen LogP contribution in [0.3, 0.4) is 0 Å². The minimum atomic E-state index is -0.400. The summed E-state index contributed by atoms with van der Waals surface area (Å²) in [5.41, 5.74) is 1.90. The van der Waals surface area contributed by atoms with Crippen molar-refractivity contribution in [3.63, 3.8) is 0 Å². The zero-order valence-electron chi connectivity index (χ0n) is 18.6. The molecule has 0 radical (unpaired) electrons. The van der Waals surface area contributed by atoms with Crippen LogP contribution in [0.25, 0.3) is 0 Å². The Morgan fingerprint density at radius 2 is 1.97 bits per heavy atom. The van der Waals surface area contributed by atoms with E-state index in [0.717, 1.165) is 22.9 Å². The highest BCUT2D eigenvalue weighted by Gasteiger charge is 2.35. The van der Waals surface area contributed by atoms with Crippen LogP contribution >= 0.6 is 23.4 Å². The maximum atomic E-state index is 12.3. The second-order valence-electron chi connectivity index (χ2n) is 8.19. The molecule has 4 rings (SSSR count). The molecule has 2 aliphatic heterocycles. The lowest BCUT2D eigenvalue weighted by Gasteiger charge is -2.22. The fourth-order valence-corrected chi connectivity index (χ4v) is 4.77. The van der Waals surface area contributed by atoms with Crippen molar-refractivity contribution in [2.75, 3.05) is 19.8 Å². The van der Waals surface area contributed by atoms with E-state index in [-0.39, 0.29) is 29.4 Å². The number of nitrogens with zero attached hydrogens (tertiary/aromatic N) is 1.